The first-order chi connectivity index (χ1) is 13.1. The Hall–Kier alpha value is -2.35. The summed E-state index contributed by atoms with van der Waals surface area (Å²) in [5.41, 5.74) is 1.24. The van der Waals surface area contributed by atoms with Gasteiger partial charge in [-0.05, 0) is 80.8 Å². The van der Waals surface area contributed by atoms with E-state index in [-0.39, 0.29) is 22.9 Å². The summed E-state index contributed by atoms with van der Waals surface area (Å²) in [5.74, 6) is 2.28. The summed E-state index contributed by atoms with van der Waals surface area (Å²) in [6.07, 6.45) is 11.1. The number of amides is 1. The number of rotatable bonds is 6. The predicted molar refractivity (Wildman–Crippen MR) is 103 cm³/mol. The molecule has 4 aliphatic carbocycles. The van der Waals surface area contributed by atoms with Crippen molar-refractivity contribution < 1.29 is 4.79 Å². The van der Waals surface area contributed by atoms with Crippen molar-refractivity contribution in [1.82, 2.24) is 15.6 Å². The highest BCUT2D eigenvalue weighted by atomic mass is 16.1. The molecular formula is C22H28N4O. The van der Waals surface area contributed by atoms with Crippen molar-refractivity contribution in [2.24, 2.45) is 23.2 Å². The number of carbonyl (C=O) groups is 1. The molecule has 4 aliphatic rings. The van der Waals surface area contributed by atoms with Gasteiger partial charge in [0.05, 0.1) is 12.2 Å². The lowest BCUT2D eigenvalue weighted by Crippen LogP contribution is -2.56. The van der Waals surface area contributed by atoms with E-state index in [1.54, 1.807) is 6.20 Å². The third kappa shape index (κ3) is 3.71. The fraction of sp³-hybridized carbons (Fsp3) is 0.591. The first kappa shape index (κ1) is 18.0. The minimum absolute atomic E-state index is 0.117. The van der Waals surface area contributed by atoms with Gasteiger partial charge in [0.15, 0.2) is 0 Å². The van der Waals surface area contributed by atoms with Gasteiger partial charge in [-0.15, -0.1) is 0 Å². The van der Waals surface area contributed by atoms with Crippen LogP contribution in [0.25, 0.3) is 0 Å². The van der Waals surface area contributed by atoms with Crippen molar-refractivity contribution in [1.29, 1.82) is 5.26 Å². The molecule has 0 saturated heterocycles. The summed E-state index contributed by atoms with van der Waals surface area (Å²) in [5, 5.41) is 15.6. The average molecular weight is 364 g/mol. The zero-order valence-electron chi connectivity index (χ0n) is 15.9. The molecule has 1 heterocycles. The summed E-state index contributed by atoms with van der Waals surface area (Å²) >= 11 is 0. The normalized spacial score (nSPS) is 32.6. The molecule has 5 rings (SSSR count). The quantitative estimate of drug-likeness (QED) is 0.600. The molecule has 1 unspecified atom stereocenters. The second-order valence-corrected chi connectivity index (χ2v) is 8.85. The molecule has 27 heavy (non-hydrogen) atoms. The zero-order chi connectivity index (χ0) is 18.9. The molecule has 4 fully saturated rings. The van der Waals surface area contributed by atoms with Crippen LogP contribution < -0.4 is 10.6 Å². The minimum Gasteiger partial charge on any atom is -0.384 e. The summed E-state index contributed by atoms with van der Waals surface area (Å²) < 4.78 is 0. The van der Waals surface area contributed by atoms with Gasteiger partial charge in [-0.25, -0.2) is 0 Å². The molecule has 1 aromatic rings. The second kappa shape index (κ2) is 7.34. The van der Waals surface area contributed by atoms with Crippen LogP contribution >= 0.6 is 0 Å². The van der Waals surface area contributed by atoms with E-state index in [4.69, 9.17) is 0 Å². The molecule has 5 heteroatoms. The van der Waals surface area contributed by atoms with E-state index < -0.39 is 0 Å². The molecule has 1 atom stereocenters. The van der Waals surface area contributed by atoms with Gasteiger partial charge in [0.1, 0.15) is 11.6 Å². The standard InChI is InChI=1S/C22H28N4O/c1-15(22-9-16-6-17(10-22)8-18(7-16)11-22)26-21(27)19(12-23)13-24-14-20-4-2-3-5-25-20/h2-5,13,15-18,24H,6-11,14H2,1H3,(H,26,27)/b19-13-. The van der Waals surface area contributed by atoms with Crippen molar-refractivity contribution in [3.8, 4) is 6.07 Å². The molecule has 0 aliphatic heterocycles. The fourth-order valence-corrected chi connectivity index (χ4v) is 6.04. The summed E-state index contributed by atoms with van der Waals surface area (Å²) in [4.78, 5) is 16.9. The summed E-state index contributed by atoms with van der Waals surface area (Å²) in [6.45, 7) is 2.63. The maximum atomic E-state index is 12.7. The van der Waals surface area contributed by atoms with E-state index in [9.17, 15) is 10.1 Å². The third-order valence-electron chi connectivity index (χ3n) is 6.97. The summed E-state index contributed by atoms with van der Waals surface area (Å²) in [7, 11) is 0. The third-order valence-corrected chi connectivity index (χ3v) is 6.97. The Labute approximate surface area is 161 Å². The van der Waals surface area contributed by atoms with E-state index in [1.165, 1.54) is 44.7 Å². The topological polar surface area (TPSA) is 77.8 Å². The van der Waals surface area contributed by atoms with Gasteiger partial charge in [-0.1, -0.05) is 6.07 Å². The lowest BCUT2D eigenvalue weighted by Gasteiger charge is -2.59. The van der Waals surface area contributed by atoms with Gasteiger partial charge in [-0.3, -0.25) is 9.78 Å². The highest BCUT2D eigenvalue weighted by Gasteiger charge is 2.53. The maximum absolute atomic E-state index is 12.7. The van der Waals surface area contributed by atoms with E-state index in [0.717, 1.165) is 23.4 Å². The van der Waals surface area contributed by atoms with Gasteiger partial charge in [0, 0.05) is 18.4 Å². The lowest BCUT2D eigenvalue weighted by atomic mass is 9.48. The Balaban J connectivity index is 1.37. The highest BCUT2D eigenvalue weighted by Crippen LogP contribution is 2.61. The molecule has 0 spiro atoms. The number of aromatic nitrogens is 1. The SMILES string of the molecule is CC(NC(=O)/C(C#N)=C\NCc1ccccn1)C12CC3CC(CC(C3)C1)C2. The van der Waals surface area contributed by atoms with Gasteiger partial charge >= 0.3 is 0 Å². The van der Waals surface area contributed by atoms with Gasteiger partial charge < -0.3 is 10.6 Å². The van der Waals surface area contributed by atoms with Crippen molar-refractivity contribution in [2.75, 3.05) is 0 Å². The van der Waals surface area contributed by atoms with Crippen LogP contribution in [0.2, 0.25) is 0 Å². The van der Waals surface area contributed by atoms with Crippen LogP contribution in [0.3, 0.4) is 0 Å². The fourth-order valence-electron chi connectivity index (χ4n) is 6.04. The molecule has 4 saturated carbocycles. The number of nitriles is 1. The molecule has 4 bridgehead atoms. The average Bonchev–Trinajstić information content (AvgIpc) is 2.65. The lowest BCUT2D eigenvalue weighted by molar-refractivity contribution is -0.122. The second-order valence-electron chi connectivity index (χ2n) is 8.85. The monoisotopic (exact) mass is 364 g/mol. The molecule has 0 aromatic carbocycles. The van der Waals surface area contributed by atoms with E-state index in [2.05, 4.69) is 22.5 Å². The largest absolute Gasteiger partial charge is 0.384 e. The Kier molecular flexibility index (Phi) is 4.90. The number of hydrogen-bond donors (Lipinski definition) is 2. The van der Waals surface area contributed by atoms with Crippen molar-refractivity contribution in [3.63, 3.8) is 0 Å². The van der Waals surface area contributed by atoms with Crippen LogP contribution in [-0.2, 0) is 11.3 Å². The molecule has 5 nitrogen and oxygen atoms in total. The van der Waals surface area contributed by atoms with Crippen LogP contribution in [0.1, 0.15) is 51.1 Å². The van der Waals surface area contributed by atoms with E-state index >= 15 is 0 Å². The first-order valence-electron chi connectivity index (χ1n) is 10.1. The number of hydrogen-bond acceptors (Lipinski definition) is 4. The highest BCUT2D eigenvalue weighted by molar-refractivity contribution is 5.97. The molecule has 1 amide bonds. The number of pyridine rings is 1. The number of carbonyl (C=O) groups excluding carboxylic acids is 1. The Morgan fingerprint density at radius 2 is 1.96 bits per heavy atom. The minimum atomic E-state index is -0.269. The van der Waals surface area contributed by atoms with Gasteiger partial charge in [-0.2, -0.15) is 5.26 Å². The van der Waals surface area contributed by atoms with Crippen LogP contribution in [0.5, 0.6) is 0 Å². The van der Waals surface area contributed by atoms with Crippen molar-refractivity contribution in [3.05, 3.63) is 41.9 Å². The Morgan fingerprint density at radius 3 is 2.52 bits per heavy atom. The van der Waals surface area contributed by atoms with Crippen molar-refractivity contribution >= 4 is 5.91 Å². The maximum Gasteiger partial charge on any atom is 0.263 e. The Morgan fingerprint density at radius 1 is 1.30 bits per heavy atom. The first-order valence-corrected chi connectivity index (χ1v) is 10.1. The predicted octanol–water partition coefficient (Wildman–Crippen LogP) is 3.30. The Bertz CT molecular complexity index is 729. The zero-order valence-corrected chi connectivity index (χ0v) is 15.9. The molecule has 142 valence electrons. The number of nitrogens with zero attached hydrogens (tertiary/aromatic N) is 2. The molecule has 2 N–H and O–H groups in total. The summed E-state index contributed by atoms with van der Waals surface area (Å²) in [6, 6.07) is 7.83. The van der Waals surface area contributed by atoms with E-state index in [1.807, 2.05) is 24.3 Å². The smallest absolute Gasteiger partial charge is 0.263 e. The molecular weight excluding hydrogens is 336 g/mol. The van der Waals surface area contributed by atoms with Crippen LogP contribution in [-0.4, -0.2) is 16.9 Å². The van der Waals surface area contributed by atoms with Crippen LogP contribution in [0.4, 0.5) is 0 Å². The molecule has 1 aromatic heterocycles. The van der Waals surface area contributed by atoms with Crippen molar-refractivity contribution in [2.45, 2.75) is 58.0 Å². The van der Waals surface area contributed by atoms with Crippen LogP contribution in [0.15, 0.2) is 36.2 Å². The van der Waals surface area contributed by atoms with Gasteiger partial charge in [0.25, 0.3) is 5.91 Å². The van der Waals surface area contributed by atoms with Gasteiger partial charge in [0.2, 0.25) is 0 Å². The molecule has 0 radical (unpaired) electrons. The van der Waals surface area contributed by atoms with E-state index in [0.29, 0.717) is 6.54 Å². The number of nitrogens with one attached hydrogen (secondary N) is 2. The van der Waals surface area contributed by atoms with Crippen LogP contribution in [0, 0.1) is 34.5 Å².